The second-order valence-corrected chi connectivity index (χ2v) is 4.45. The third-order valence-electron chi connectivity index (χ3n) is 2.87. The van der Waals surface area contributed by atoms with E-state index >= 15 is 0 Å². The van der Waals surface area contributed by atoms with Crippen LogP contribution in [0.2, 0.25) is 0 Å². The predicted molar refractivity (Wildman–Crippen MR) is 77.3 cm³/mol. The number of hydrogen-bond acceptors (Lipinski definition) is 3. The summed E-state index contributed by atoms with van der Waals surface area (Å²) < 4.78 is 1.69. The zero-order valence-corrected chi connectivity index (χ0v) is 11.7. The number of aromatic nitrogens is 3. The van der Waals surface area contributed by atoms with E-state index in [1.807, 2.05) is 44.3 Å². The summed E-state index contributed by atoms with van der Waals surface area (Å²) in [6.45, 7) is 4.31. The highest BCUT2D eigenvalue weighted by atomic mass is 16.1. The molecule has 0 aliphatic heterocycles. The number of carbonyl (C=O) groups excluding carboxylic acids is 1. The van der Waals surface area contributed by atoms with Crippen molar-refractivity contribution in [3.63, 3.8) is 0 Å². The minimum Gasteiger partial charge on any atom is -0.348 e. The van der Waals surface area contributed by atoms with Crippen molar-refractivity contribution in [1.29, 1.82) is 0 Å². The normalized spacial score (nSPS) is 11.4. The second-order valence-electron chi connectivity index (χ2n) is 4.45. The van der Waals surface area contributed by atoms with Gasteiger partial charge in [-0.15, -0.1) is 0 Å². The average molecular weight is 270 g/mol. The summed E-state index contributed by atoms with van der Waals surface area (Å²) in [5, 5.41) is 7.02. The summed E-state index contributed by atoms with van der Waals surface area (Å²) in [5.41, 5.74) is 1.73. The van der Waals surface area contributed by atoms with E-state index in [4.69, 9.17) is 0 Å². The molecule has 20 heavy (non-hydrogen) atoms. The molecule has 0 bridgehead atoms. The molecule has 5 nitrogen and oxygen atoms in total. The number of nitrogens with one attached hydrogen (secondary N) is 1. The van der Waals surface area contributed by atoms with Gasteiger partial charge in [-0.3, -0.25) is 4.79 Å². The largest absolute Gasteiger partial charge is 0.348 e. The molecule has 0 aliphatic rings. The molecule has 0 spiro atoms. The maximum absolute atomic E-state index is 11.8. The molecule has 0 radical (unpaired) electrons. The van der Waals surface area contributed by atoms with Gasteiger partial charge < -0.3 is 5.32 Å². The molecule has 2 rings (SSSR count). The Morgan fingerprint density at radius 2 is 2.30 bits per heavy atom. The minimum absolute atomic E-state index is 0.0377. The number of pyridine rings is 1. The van der Waals surface area contributed by atoms with Crippen molar-refractivity contribution < 1.29 is 4.79 Å². The molecule has 2 aromatic rings. The van der Waals surface area contributed by atoms with Crippen LogP contribution in [-0.2, 0) is 11.3 Å². The predicted octanol–water partition coefficient (Wildman–Crippen LogP) is 2.24. The summed E-state index contributed by atoms with van der Waals surface area (Å²) in [4.78, 5) is 16.1. The van der Waals surface area contributed by atoms with Crippen LogP contribution in [0.15, 0.2) is 48.4 Å². The molecule has 0 unspecified atom stereocenters. The highest BCUT2D eigenvalue weighted by Crippen LogP contribution is 2.06. The summed E-state index contributed by atoms with van der Waals surface area (Å²) >= 11 is 0. The highest BCUT2D eigenvalue weighted by Gasteiger charge is 2.04. The van der Waals surface area contributed by atoms with Crippen LogP contribution >= 0.6 is 0 Å². The molecule has 0 aliphatic carbocycles. The first-order valence-electron chi connectivity index (χ1n) is 6.60. The summed E-state index contributed by atoms with van der Waals surface area (Å²) in [5.74, 6) is 0.701. The van der Waals surface area contributed by atoms with E-state index in [0.717, 1.165) is 23.4 Å². The van der Waals surface area contributed by atoms with Gasteiger partial charge in [-0.1, -0.05) is 13.0 Å². The Hall–Kier alpha value is -2.43. The van der Waals surface area contributed by atoms with E-state index in [1.165, 1.54) is 0 Å². The van der Waals surface area contributed by atoms with Crippen LogP contribution in [0.1, 0.15) is 25.8 Å². The fourth-order valence-electron chi connectivity index (χ4n) is 1.82. The van der Waals surface area contributed by atoms with Gasteiger partial charge in [0.1, 0.15) is 0 Å². The quantitative estimate of drug-likeness (QED) is 0.848. The van der Waals surface area contributed by atoms with Crippen molar-refractivity contribution >= 4 is 5.91 Å². The molecule has 0 aromatic carbocycles. The van der Waals surface area contributed by atoms with E-state index < -0.39 is 0 Å². The van der Waals surface area contributed by atoms with Gasteiger partial charge in [-0.2, -0.15) is 5.10 Å². The Morgan fingerprint density at radius 3 is 3.00 bits per heavy atom. The number of allylic oxidation sites excluding steroid dienone is 1. The van der Waals surface area contributed by atoms with Crippen LogP contribution < -0.4 is 5.32 Å². The van der Waals surface area contributed by atoms with Crippen molar-refractivity contribution in [2.45, 2.75) is 26.8 Å². The van der Waals surface area contributed by atoms with E-state index in [-0.39, 0.29) is 5.91 Å². The molecule has 2 aromatic heterocycles. The fourth-order valence-corrected chi connectivity index (χ4v) is 1.82. The Labute approximate surface area is 118 Å². The van der Waals surface area contributed by atoms with Gasteiger partial charge in [-0.25, -0.2) is 9.67 Å². The summed E-state index contributed by atoms with van der Waals surface area (Å²) in [7, 11) is 0. The van der Waals surface area contributed by atoms with Crippen LogP contribution in [0.4, 0.5) is 0 Å². The molecule has 104 valence electrons. The standard InChI is InChI=1S/C15H18N4O/c1-3-5-12(2)15(20)17-11-13-6-8-16-14(10-13)19-9-4-7-18-19/h4-10H,3,11H2,1-2H3,(H,17,20)/b12-5-. The van der Waals surface area contributed by atoms with Crippen molar-refractivity contribution in [2.75, 3.05) is 0 Å². The van der Waals surface area contributed by atoms with E-state index in [9.17, 15) is 4.79 Å². The van der Waals surface area contributed by atoms with Crippen LogP contribution in [0.3, 0.4) is 0 Å². The maximum atomic E-state index is 11.8. The first-order valence-corrected chi connectivity index (χ1v) is 6.60. The van der Waals surface area contributed by atoms with Crippen LogP contribution in [0.25, 0.3) is 5.82 Å². The van der Waals surface area contributed by atoms with Crippen molar-refractivity contribution in [2.24, 2.45) is 0 Å². The molecular weight excluding hydrogens is 252 g/mol. The molecule has 1 amide bonds. The molecular formula is C15H18N4O. The van der Waals surface area contributed by atoms with Crippen molar-refractivity contribution in [1.82, 2.24) is 20.1 Å². The second kappa shape index (κ2) is 6.65. The van der Waals surface area contributed by atoms with Gasteiger partial charge in [0.25, 0.3) is 0 Å². The molecule has 2 heterocycles. The molecule has 0 fully saturated rings. The molecule has 0 saturated carbocycles. The Kier molecular flexibility index (Phi) is 4.65. The first-order chi connectivity index (χ1) is 9.70. The number of hydrogen-bond donors (Lipinski definition) is 1. The number of nitrogens with zero attached hydrogens (tertiary/aromatic N) is 3. The smallest absolute Gasteiger partial charge is 0.246 e. The SMILES string of the molecule is CC/C=C(/C)C(=O)NCc1ccnc(-n2cccn2)c1. The monoisotopic (exact) mass is 270 g/mol. The van der Waals surface area contributed by atoms with Gasteiger partial charge in [0.05, 0.1) is 0 Å². The maximum Gasteiger partial charge on any atom is 0.246 e. The Balaban J connectivity index is 2.02. The van der Waals surface area contributed by atoms with Gasteiger partial charge in [0.15, 0.2) is 5.82 Å². The number of amides is 1. The van der Waals surface area contributed by atoms with Crippen molar-refractivity contribution in [3.8, 4) is 5.82 Å². The van der Waals surface area contributed by atoms with Crippen LogP contribution in [0.5, 0.6) is 0 Å². The van der Waals surface area contributed by atoms with Gasteiger partial charge in [-0.05, 0) is 37.1 Å². The lowest BCUT2D eigenvalue weighted by atomic mass is 10.2. The van der Waals surface area contributed by atoms with Crippen LogP contribution in [-0.4, -0.2) is 20.7 Å². The third-order valence-corrected chi connectivity index (χ3v) is 2.87. The van der Waals surface area contributed by atoms with Crippen molar-refractivity contribution in [3.05, 3.63) is 54.0 Å². The van der Waals surface area contributed by atoms with Gasteiger partial charge in [0, 0.05) is 30.7 Å². The van der Waals surface area contributed by atoms with Crippen LogP contribution in [0, 0.1) is 0 Å². The van der Waals surface area contributed by atoms with E-state index in [2.05, 4.69) is 15.4 Å². The van der Waals surface area contributed by atoms with E-state index in [0.29, 0.717) is 6.54 Å². The zero-order valence-electron chi connectivity index (χ0n) is 11.7. The average Bonchev–Trinajstić information content (AvgIpc) is 2.99. The fraction of sp³-hybridized carbons (Fsp3) is 0.267. The Morgan fingerprint density at radius 1 is 1.45 bits per heavy atom. The lowest BCUT2D eigenvalue weighted by Crippen LogP contribution is -2.23. The number of carbonyl (C=O) groups is 1. The lowest BCUT2D eigenvalue weighted by Gasteiger charge is -2.07. The summed E-state index contributed by atoms with van der Waals surface area (Å²) in [6.07, 6.45) is 8.02. The number of rotatable bonds is 5. The van der Waals surface area contributed by atoms with E-state index in [1.54, 1.807) is 17.1 Å². The topological polar surface area (TPSA) is 59.8 Å². The zero-order chi connectivity index (χ0) is 14.4. The Bertz CT molecular complexity index is 602. The highest BCUT2D eigenvalue weighted by molar-refractivity contribution is 5.92. The molecule has 0 atom stereocenters. The summed E-state index contributed by atoms with van der Waals surface area (Å²) in [6, 6.07) is 5.63. The van der Waals surface area contributed by atoms with Gasteiger partial charge >= 0.3 is 0 Å². The minimum atomic E-state index is -0.0377. The molecule has 1 N–H and O–H groups in total. The molecule has 5 heteroatoms. The first kappa shape index (κ1) is 14.0. The molecule has 0 saturated heterocycles. The lowest BCUT2D eigenvalue weighted by molar-refractivity contribution is -0.117. The third kappa shape index (κ3) is 3.54. The van der Waals surface area contributed by atoms with Gasteiger partial charge in [0.2, 0.25) is 5.91 Å².